The summed E-state index contributed by atoms with van der Waals surface area (Å²) in [5.74, 6) is -1.46. The van der Waals surface area contributed by atoms with Crippen LogP contribution in [-0.4, -0.2) is 240 Å². The first-order valence-electron chi connectivity index (χ1n) is 19.1. The van der Waals surface area contributed by atoms with E-state index < -0.39 is 179 Å². The van der Waals surface area contributed by atoms with Crippen molar-refractivity contribution < 1.29 is 118 Å². The Morgan fingerprint density at radius 2 is 0.983 bits per heavy atom. The van der Waals surface area contributed by atoms with Gasteiger partial charge in [0, 0.05) is 13.8 Å². The molecule has 5 rings (SSSR count). The van der Waals surface area contributed by atoms with Crippen LogP contribution in [0.4, 0.5) is 0 Å². The van der Waals surface area contributed by atoms with E-state index in [0.717, 1.165) is 13.8 Å². The lowest BCUT2D eigenvalue weighted by Gasteiger charge is -2.51. The van der Waals surface area contributed by atoms with Crippen LogP contribution in [0.1, 0.15) is 34.6 Å². The molecule has 5 heterocycles. The normalized spacial score (nSPS) is 50.8. The third-order valence-corrected chi connectivity index (χ3v) is 10.9. The highest BCUT2D eigenvalue weighted by Crippen LogP contribution is 2.37. The molecule has 0 aromatic rings. The Labute approximate surface area is 336 Å². The maximum Gasteiger partial charge on any atom is 0.302 e. The predicted molar refractivity (Wildman–Crippen MR) is 183 cm³/mol. The zero-order valence-corrected chi connectivity index (χ0v) is 32.6. The Morgan fingerprint density at radius 3 is 1.58 bits per heavy atom. The van der Waals surface area contributed by atoms with Gasteiger partial charge in [-0.05, 0) is 20.8 Å². The smallest absolute Gasteiger partial charge is 0.302 e. The molecule has 59 heavy (non-hydrogen) atoms. The quantitative estimate of drug-likeness (QED) is 0.0810. The number of aliphatic hydroxyl groups is 12. The molecule has 0 radical (unpaired) electrons. The summed E-state index contributed by atoms with van der Waals surface area (Å²) in [4.78, 5) is 23.7. The lowest BCUT2D eigenvalue weighted by molar-refractivity contribution is -0.402. The largest absolute Gasteiger partial charge is 0.463 e. The zero-order chi connectivity index (χ0) is 43.8. The molecule has 0 spiro atoms. The van der Waals surface area contributed by atoms with Crippen LogP contribution in [0.25, 0.3) is 0 Å². The molecule has 0 aromatic carbocycles. The summed E-state index contributed by atoms with van der Waals surface area (Å²) >= 11 is 0. The van der Waals surface area contributed by atoms with Crippen LogP contribution >= 0.6 is 0 Å². The van der Waals surface area contributed by atoms with Crippen LogP contribution in [0.3, 0.4) is 0 Å². The SMILES string of the molecule is CC(=O)N[C@@H]1[C@@H](O[C@@H]2O[C@@H](C)[C@H](O[C@H]3O[C@H](CO)[C@@H](O)[C@H](O)[C@H]3O)[C@@H](O[C@@H]3O[C@@H](C)[C@H](O)[C@@H](O)[C@H]3O[C@@H]3O[C@@H](C)[C@H](O)[C@@H](O)[C@H]3O)[C@H]2O)[C@H](O)[C@@H](COC(C)=O)O[C@H]1O. The lowest BCUT2D eigenvalue weighted by Crippen LogP contribution is -2.69. The molecule has 0 unspecified atom stereocenters. The molecule has 25 nitrogen and oxygen atoms in total. The first kappa shape index (κ1) is 48.1. The lowest BCUT2D eigenvalue weighted by atomic mass is 9.94. The second-order valence-corrected chi connectivity index (χ2v) is 15.3. The Bertz CT molecular complexity index is 1380. The summed E-state index contributed by atoms with van der Waals surface area (Å²) in [5.41, 5.74) is 0. The number of carbonyl (C=O) groups excluding carboxylic acids is 2. The summed E-state index contributed by atoms with van der Waals surface area (Å²) in [7, 11) is 0. The minimum Gasteiger partial charge on any atom is -0.463 e. The van der Waals surface area contributed by atoms with E-state index in [1.54, 1.807) is 0 Å². The number of carbonyl (C=O) groups is 2. The molecule has 5 aliphatic heterocycles. The Morgan fingerprint density at radius 1 is 0.492 bits per heavy atom. The third-order valence-electron chi connectivity index (χ3n) is 10.9. The van der Waals surface area contributed by atoms with Crippen LogP contribution in [0.2, 0.25) is 0 Å². The predicted octanol–water partition coefficient (Wildman–Crippen LogP) is -8.13. The summed E-state index contributed by atoms with van der Waals surface area (Å²) in [6.45, 7) is 4.83. The molecule has 5 fully saturated rings. The summed E-state index contributed by atoms with van der Waals surface area (Å²) in [5, 5.41) is 131. The van der Waals surface area contributed by atoms with E-state index in [2.05, 4.69) is 5.32 Å². The van der Waals surface area contributed by atoms with Crippen LogP contribution < -0.4 is 5.32 Å². The van der Waals surface area contributed by atoms with Gasteiger partial charge in [0.15, 0.2) is 31.5 Å². The average molecular weight is 864 g/mol. The molecule has 0 saturated carbocycles. The highest BCUT2D eigenvalue weighted by Gasteiger charge is 2.57. The van der Waals surface area contributed by atoms with Gasteiger partial charge in [-0.1, -0.05) is 0 Å². The summed E-state index contributed by atoms with van der Waals surface area (Å²) in [6.07, 6.45) is -40.9. The van der Waals surface area contributed by atoms with Crippen molar-refractivity contribution in [1.82, 2.24) is 5.32 Å². The minimum absolute atomic E-state index is 0.577. The van der Waals surface area contributed by atoms with E-state index >= 15 is 0 Å². The van der Waals surface area contributed by atoms with Crippen molar-refractivity contribution in [1.29, 1.82) is 0 Å². The first-order valence-corrected chi connectivity index (χ1v) is 19.1. The van der Waals surface area contributed by atoms with Gasteiger partial charge < -0.3 is 114 Å². The number of esters is 1. The Kier molecular flexibility index (Phi) is 16.4. The molecule has 13 N–H and O–H groups in total. The van der Waals surface area contributed by atoms with Crippen molar-refractivity contribution in [3.63, 3.8) is 0 Å². The van der Waals surface area contributed by atoms with Crippen molar-refractivity contribution in [2.24, 2.45) is 0 Å². The minimum atomic E-state index is -2.09. The molecule has 0 aliphatic carbocycles. The number of rotatable bonds is 12. The van der Waals surface area contributed by atoms with Crippen LogP contribution in [-0.2, 0) is 57.0 Å². The monoisotopic (exact) mass is 863 g/mol. The fourth-order valence-electron chi connectivity index (χ4n) is 7.45. The molecule has 342 valence electrons. The second-order valence-electron chi connectivity index (χ2n) is 15.3. The number of amides is 1. The van der Waals surface area contributed by atoms with E-state index in [9.17, 15) is 70.9 Å². The zero-order valence-electron chi connectivity index (χ0n) is 32.6. The van der Waals surface area contributed by atoms with E-state index in [1.165, 1.54) is 20.8 Å². The van der Waals surface area contributed by atoms with E-state index in [1.807, 2.05) is 0 Å². The molecule has 0 bridgehead atoms. The van der Waals surface area contributed by atoms with Crippen molar-refractivity contribution in [3.05, 3.63) is 0 Å². The van der Waals surface area contributed by atoms with Gasteiger partial charge in [-0.25, -0.2) is 0 Å². The fourth-order valence-corrected chi connectivity index (χ4v) is 7.45. The van der Waals surface area contributed by atoms with Gasteiger partial charge in [0.2, 0.25) is 5.91 Å². The maximum atomic E-state index is 12.2. The van der Waals surface area contributed by atoms with Gasteiger partial charge in [0.25, 0.3) is 0 Å². The van der Waals surface area contributed by atoms with Crippen molar-refractivity contribution in [2.75, 3.05) is 13.2 Å². The van der Waals surface area contributed by atoms with Crippen molar-refractivity contribution >= 4 is 11.9 Å². The van der Waals surface area contributed by atoms with Crippen LogP contribution in [0, 0.1) is 0 Å². The van der Waals surface area contributed by atoms with Crippen molar-refractivity contribution in [3.8, 4) is 0 Å². The van der Waals surface area contributed by atoms with Crippen LogP contribution in [0.5, 0.6) is 0 Å². The maximum absolute atomic E-state index is 12.2. The third kappa shape index (κ3) is 10.5. The molecule has 0 aromatic heterocycles. The first-order chi connectivity index (χ1) is 27.7. The van der Waals surface area contributed by atoms with Crippen LogP contribution in [0.15, 0.2) is 0 Å². The number of hydrogen-bond donors (Lipinski definition) is 13. The summed E-state index contributed by atoms with van der Waals surface area (Å²) < 4.78 is 57.3. The molecular weight excluding hydrogens is 806 g/mol. The molecule has 1 amide bonds. The van der Waals surface area contributed by atoms with Gasteiger partial charge in [0.05, 0.1) is 24.9 Å². The van der Waals surface area contributed by atoms with E-state index in [4.69, 9.17) is 47.4 Å². The topological polar surface area (TPSA) is 381 Å². The van der Waals surface area contributed by atoms with E-state index in [0.29, 0.717) is 0 Å². The van der Waals surface area contributed by atoms with Gasteiger partial charge in [-0.3, -0.25) is 9.59 Å². The number of ether oxygens (including phenoxy) is 10. The standard InChI is InChI=1S/C34H57NO24/c1-8-16(39)20(43)23(46)31(51-8)59-29-22(45)17(40)9(2)52-34(29)58-28-25(48)33(53-10(3)26(28)56-32-24(47)21(44)18(41)13(6-36)55-32)57-27-15(35-11(4)37)30(49)54-14(19(27)42)7-50-12(5)38/h8-10,13-34,36,39-49H,6-7H2,1-5H3,(H,35,37)/t8-,9-,10-,13+,14+,15+,16-,17-,18+,19+,20+,21-,22+,23+,24+,25+,26-,27+,28-,29+,30+,31-,32+,33-,34-/m0/s1. The van der Waals surface area contributed by atoms with Gasteiger partial charge >= 0.3 is 5.97 Å². The highest BCUT2D eigenvalue weighted by molar-refractivity contribution is 5.73. The van der Waals surface area contributed by atoms with Crippen molar-refractivity contribution in [2.45, 2.75) is 188 Å². The van der Waals surface area contributed by atoms with E-state index in [-0.39, 0.29) is 0 Å². The van der Waals surface area contributed by atoms with Gasteiger partial charge in [-0.2, -0.15) is 0 Å². The molecule has 25 heteroatoms. The molecule has 5 saturated heterocycles. The highest BCUT2D eigenvalue weighted by atomic mass is 16.8. The Hall–Kier alpha value is -1.90. The number of hydrogen-bond acceptors (Lipinski definition) is 24. The molecular formula is C34H57NO24. The Balaban J connectivity index is 1.49. The number of aliphatic hydroxyl groups excluding tert-OH is 12. The number of nitrogens with one attached hydrogen (secondary N) is 1. The molecule has 25 atom stereocenters. The summed E-state index contributed by atoms with van der Waals surface area (Å²) in [6, 6.07) is -1.53. The molecule has 5 aliphatic rings. The van der Waals surface area contributed by atoms with Gasteiger partial charge in [-0.15, -0.1) is 0 Å². The average Bonchev–Trinajstić information content (AvgIpc) is 3.18. The fraction of sp³-hybridized carbons (Fsp3) is 0.941. The second kappa shape index (κ2) is 20.1. The van der Waals surface area contributed by atoms with Gasteiger partial charge in [0.1, 0.15) is 110 Å².